The van der Waals surface area contributed by atoms with Gasteiger partial charge in [-0.05, 0) is 53.1 Å². The Kier molecular flexibility index (Phi) is 4.20. The Bertz CT molecular complexity index is 964. The third kappa shape index (κ3) is 3.26. The van der Waals surface area contributed by atoms with Crippen LogP contribution in [0.5, 0.6) is 5.75 Å². The normalized spacial score (nSPS) is 12.4. The van der Waals surface area contributed by atoms with Gasteiger partial charge in [0, 0.05) is 0 Å². The second kappa shape index (κ2) is 6.65. The van der Waals surface area contributed by atoms with E-state index in [2.05, 4.69) is 25.7 Å². The fourth-order valence-corrected chi connectivity index (χ4v) is 3.60. The number of rotatable bonds is 5. The topological polar surface area (TPSA) is 103 Å². The van der Waals surface area contributed by atoms with Crippen LogP contribution >= 0.6 is 23.1 Å². The fourth-order valence-electron chi connectivity index (χ4n) is 2.12. The Morgan fingerprint density at radius 3 is 2.76 bits per heavy atom. The van der Waals surface area contributed by atoms with Crippen LogP contribution in [0, 0.1) is 0 Å². The zero-order valence-electron chi connectivity index (χ0n) is 13.0. The lowest BCUT2D eigenvalue weighted by Crippen LogP contribution is -2.00. The van der Waals surface area contributed by atoms with Crippen LogP contribution in [0.2, 0.25) is 0 Å². The lowest BCUT2D eigenvalue weighted by atomic mass is 10.3. The molecule has 8 nitrogen and oxygen atoms in total. The average Bonchev–Trinajstić information content (AvgIpc) is 3.36. The Balaban J connectivity index is 1.55. The van der Waals surface area contributed by atoms with Gasteiger partial charge >= 0.3 is 0 Å². The molecule has 4 aromatic rings. The van der Waals surface area contributed by atoms with Crippen LogP contribution in [0.15, 0.2) is 51.4 Å². The number of phenolic OH excluding ortho intramolecular Hbond substituents is 1. The highest BCUT2D eigenvalue weighted by atomic mass is 32.2. The summed E-state index contributed by atoms with van der Waals surface area (Å²) in [6.45, 7) is 1.95. The largest absolute Gasteiger partial charge is 0.508 e. The van der Waals surface area contributed by atoms with E-state index in [1.165, 1.54) is 11.8 Å². The van der Waals surface area contributed by atoms with Crippen molar-refractivity contribution in [2.75, 3.05) is 0 Å². The quantitative estimate of drug-likeness (QED) is 0.532. The molecule has 0 aliphatic heterocycles. The van der Waals surface area contributed by atoms with E-state index < -0.39 is 0 Å². The monoisotopic (exact) mass is 372 g/mol. The Morgan fingerprint density at radius 2 is 2.00 bits per heavy atom. The maximum absolute atomic E-state index is 9.41. The van der Waals surface area contributed by atoms with Crippen molar-refractivity contribution in [2.45, 2.75) is 17.3 Å². The van der Waals surface area contributed by atoms with Gasteiger partial charge in [-0.3, -0.25) is 0 Å². The molecule has 25 heavy (non-hydrogen) atoms. The van der Waals surface area contributed by atoms with Gasteiger partial charge < -0.3 is 9.52 Å². The van der Waals surface area contributed by atoms with Crippen LogP contribution in [0.4, 0.5) is 0 Å². The molecule has 1 N–H and O–H groups in total. The van der Waals surface area contributed by atoms with Crippen molar-refractivity contribution in [1.82, 2.24) is 30.4 Å². The molecule has 0 bridgehead atoms. The molecule has 0 saturated heterocycles. The molecule has 0 radical (unpaired) electrons. The molecule has 0 aliphatic carbocycles. The third-order valence-corrected chi connectivity index (χ3v) is 5.22. The van der Waals surface area contributed by atoms with E-state index in [4.69, 9.17) is 4.42 Å². The van der Waals surface area contributed by atoms with Gasteiger partial charge in [0.05, 0.1) is 15.8 Å². The Morgan fingerprint density at radius 1 is 1.16 bits per heavy atom. The summed E-state index contributed by atoms with van der Waals surface area (Å²) in [6.07, 6.45) is 0. The van der Waals surface area contributed by atoms with Gasteiger partial charge in [0.25, 0.3) is 5.89 Å². The zero-order chi connectivity index (χ0) is 17.2. The van der Waals surface area contributed by atoms with Gasteiger partial charge in [0.15, 0.2) is 0 Å². The SMILES string of the molecule is C[C@@H](Sc1nnnn1-c1ccc(O)cc1)c1nnc(-c2cccs2)o1. The third-order valence-electron chi connectivity index (χ3n) is 3.34. The minimum atomic E-state index is -0.122. The summed E-state index contributed by atoms with van der Waals surface area (Å²) in [5.41, 5.74) is 0.752. The molecule has 1 atom stereocenters. The van der Waals surface area contributed by atoms with Gasteiger partial charge in [-0.2, -0.15) is 4.68 Å². The van der Waals surface area contributed by atoms with Crippen molar-refractivity contribution >= 4 is 23.1 Å². The lowest BCUT2D eigenvalue weighted by Gasteiger charge is -2.07. The molecule has 10 heteroatoms. The van der Waals surface area contributed by atoms with E-state index >= 15 is 0 Å². The van der Waals surface area contributed by atoms with E-state index in [0.29, 0.717) is 16.9 Å². The molecule has 0 fully saturated rings. The van der Waals surface area contributed by atoms with Gasteiger partial charge in [-0.15, -0.1) is 26.6 Å². The molecule has 0 aliphatic rings. The summed E-state index contributed by atoms with van der Waals surface area (Å²) in [5, 5.41) is 31.8. The van der Waals surface area contributed by atoms with Crippen molar-refractivity contribution in [1.29, 1.82) is 0 Å². The molecule has 3 aromatic heterocycles. The number of hydrogen-bond acceptors (Lipinski definition) is 9. The van der Waals surface area contributed by atoms with Crippen molar-refractivity contribution in [3.63, 3.8) is 0 Å². The van der Waals surface area contributed by atoms with Crippen LogP contribution in [0.3, 0.4) is 0 Å². The first kappa shape index (κ1) is 15.8. The second-order valence-electron chi connectivity index (χ2n) is 5.07. The molecule has 0 unspecified atom stereocenters. The molecule has 0 amide bonds. The first-order valence-corrected chi connectivity index (χ1v) is 9.08. The predicted octanol–water partition coefficient (Wildman–Crippen LogP) is 3.33. The number of thioether (sulfide) groups is 1. The number of aromatic nitrogens is 6. The Hall–Kier alpha value is -2.72. The summed E-state index contributed by atoms with van der Waals surface area (Å²) in [4.78, 5) is 0.935. The van der Waals surface area contributed by atoms with Crippen LogP contribution < -0.4 is 0 Å². The number of benzene rings is 1. The summed E-state index contributed by atoms with van der Waals surface area (Å²) in [6, 6.07) is 10.5. The molecular formula is C15H12N6O2S2. The summed E-state index contributed by atoms with van der Waals surface area (Å²) >= 11 is 2.96. The Labute approximate surface area is 150 Å². The highest BCUT2D eigenvalue weighted by Crippen LogP contribution is 2.35. The van der Waals surface area contributed by atoms with Gasteiger partial charge in [-0.25, -0.2) is 0 Å². The van der Waals surface area contributed by atoms with E-state index in [0.717, 1.165) is 10.6 Å². The maximum atomic E-state index is 9.41. The molecule has 3 heterocycles. The summed E-state index contributed by atoms with van der Waals surface area (Å²) in [7, 11) is 0. The van der Waals surface area contributed by atoms with Gasteiger partial charge in [0.2, 0.25) is 11.0 Å². The lowest BCUT2D eigenvalue weighted by molar-refractivity contribution is 0.475. The van der Waals surface area contributed by atoms with Crippen molar-refractivity contribution in [3.05, 3.63) is 47.7 Å². The molecule has 4 rings (SSSR count). The van der Waals surface area contributed by atoms with Crippen molar-refractivity contribution in [2.24, 2.45) is 0 Å². The van der Waals surface area contributed by atoms with Crippen molar-refractivity contribution in [3.8, 4) is 22.2 Å². The number of nitrogens with zero attached hydrogens (tertiary/aromatic N) is 6. The minimum Gasteiger partial charge on any atom is -0.508 e. The first-order chi connectivity index (χ1) is 12.2. The maximum Gasteiger partial charge on any atom is 0.257 e. The number of tetrazole rings is 1. The van der Waals surface area contributed by atoms with Gasteiger partial charge in [-0.1, -0.05) is 17.8 Å². The molecule has 0 saturated carbocycles. The van der Waals surface area contributed by atoms with Gasteiger partial charge in [0.1, 0.15) is 5.75 Å². The van der Waals surface area contributed by atoms with Crippen LogP contribution in [0.25, 0.3) is 16.5 Å². The average molecular weight is 372 g/mol. The zero-order valence-corrected chi connectivity index (χ0v) is 14.6. The second-order valence-corrected chi connectivity index (χ2v) is 7.33. The molecule has 0 spiro atoms. The number of phenols is 1. The van der Waals surface area contributed by atoms with Crippen LogP contribution in [-0.2, 0) is 0 Å². The fraction of sp³-hybridized carbons (Fsp3) is 0.133. The molecular weight excluding hydrogens is 360 g/mol. The number of thiophene rings is 1. The molecule has 1 aromatic carbocycles. The number of aromatic hydroxyl groups is 1. The van der Waals surface area contributed by atoms with Crippen molar-refractivity contribution < 1.29 is 9.52 Å². The summed E-state index contributed by atoms with van der Waals surface area (Å²) in [5.74, 6) is 1.20. The first-order valence-electron chi connectivity index (χ1n) is 7.32. The standard InChI is InChI=1S/C15H12N6O2S2/c1-9(13-16-17-14(23-13)12-3-2-8-24-12)25-15-18-19-20-21(15)10-4-6-11(22)7-5-10/h2-9,22H,1H3/t9-/m1/s1. The van der Waals surface area contributed by atoms with Crippen LogP contribution in [0.1, 0.15) is 18.1 Å². The van der Waals surface area contributed by atoms with E-state index in [1.807, 2.05) is 24.4 Å². The number of hydrogen-bond donors (Lipinski definition) is 1. The van der Waals surface area contributed by atoms with E-state index in [1.54, 1.807) is 40.3 Å². The highest BCUT2D eigenvalue weighted by molar-refractivity contribution is 7.99. The highest BCUT2D eigenvalue weighted by Gasteiger charge is 2.20. The summed E-state index contributed by atoms with van der Waals surface area (Å²) < 4.78 is 7.35. The van der Waals surface area contributed by atoms with E-state index in [9.17, 15) is 5.11 Å². The predicted molar refractivity (Wildman–Crippen MR) is 92.7 cm³/mol. The van der Waals surface area contributed by atoms with Crippen LogP contribution in [-0.4, -0.2) is 35.5 Å². The smallest absolute Gasteiger partial charge is 0.257 e. The van der Waals surface area contributed by atoms with E-state index in [-0.39, 0.29) is 11.0 Å². The molecule has 126 valence electrons. The minimum absolute atomic E-state index is 0.122.